The molecule has 21 heavy (non-hydrogen) atoms. The zero-order valence-corrected chi connectivity index (χ0v) is 13.1. The summed E-state index contributed by atoms with van der Waals surface area (Å²) in [5.41, 5.74) is 3.04. The van der Waals surface area contributed by atoms with Crippen LogP contribution < -0.4 is 4.90 Å². The number of benzene rings is 2. The van der Waals surface area contributed by atoms with E-state index in [-0.39, 0.29) is 6.04 Å². The number of rotatable bonds is 4. The summed E-state index contributed by atoms with van der Waals surface area (Å²) < 4.78 is 0. The number of hydrogen-bond donors (Lipinski definition) is 1. The van der Waals surface area contributed by atoms with Crippen molar-refractivity contribution in [1.29, 1.82) is 0 Å². The Labute approximate surface area is 129 Å². The molecular weight excluding hydrogens is 286 g/mol. The molecule has 110 valence electrons. The maximum Gasteiger partial charge on any atom is 0.337 e. The summed E-state index contributed by atoms with van der Waals surface area (Å²) in [6.45, 7) is 3.92. The third-order valence-electron chi connectivity index (χ3n) is 3.70. The van der Waals surface area contributed by atoms with E-state index in [1.54, 1.807) is 6.07 Å². The van der Waals surface area contributed by atoms with Crippen molar-refractivity contribution in [3.05, 3.63) is 64.2 Å². The highest BCUT2D eigenvalue weighted by Crippen LogP contribution is 2.29. The van der Waals surface area contributed by atoms with Crippen LogP contribution in [0.5, 0.6) is 0 Å². The highest BCUT2D eigenvalue weighted by atomic mass is 35.5. The second-order valence-electron chi connectivity index (χ2n) is 5.16. The van der Waals surface area contributed by atoms with Gasteiger partial charge in [0, 0.05) is 12.1 Å². The largest absolute Gasteiger partial charge is 0.478 e. The second kappa shape index (κ2) is 6.19. The Morgan fingerprint density at radius 3 is 2.38 bits per heavy atom. The first-order valence-electron chi connectivity index (χ1n) is 6.72. The van der Waals surface area contributed by atoms with E-state index in [0.29, 0.717) is 16.3 Å². The number of hydrogen-bond acceptors (Lipinski definition) is 2. The molecule has 0 spiro atoms. The van der Waals surface area contributed by atoms with Crippen molar-refractivity contribution in [1.82, 2.24) is 0 Å². The number of halogens is 1. The number of aryl methyl sites for hydroxylation is 1. The summed E-state index contributed by atoms with van der Waals surface area (Å²) in [7, 11) is 1.90. The van der Waals surface area contributed by atoms with Gasteiger partial charge in [-0.3, -0.25) is 0 Å². The fourth-order valence-electron chi connectivity index (χ4n) is 2.30. The fourth-order valence-corrected chi connectivity index (χ4v) is 2.43. The fraction of sp³-hybridized carbons (Fsp3) is 0.235. The molecule has 0 fully saturated rings. The third-order valence-corrected chi connectivity index (χ3v) is 3.95. The van der Waals surface area contributed by atoms with Crippen LogP contribution >= 0.6 is 11.6 Å². The normalized spacial score (nSPS) is 12.0. The highest BCUT2D eigenvalue weighted by Gasteiger charge is 2.18. The summed E-state index contributed by atoms with van der Waals surface area (Å²) >= 11 is 5.91. The maximum absolute atomic E-state index is 11.4. The predicted octanol–water partition coefficient (Wildman–Crippen LogP) is 4.54. The van der Waals surface area contributed by atoms with E-state index in [2.05, 4.69) is 0 Å². The van der Waals surface area contributed by atoms with Crippen molar-refractivity contribution in [3.63, 3.8) is 0 Å². The van der Waals surface area contributed by atoms with E-state index >= 15 is 0 Å². The van der Waals surface area contributed by atoms with Gasteiger partial charge in [0.25, 0.3) is 0 Å². The lowest BCUT2D eigenvalue weighted by atomic mass is 10.0. The third kappa shape index (κ3) is 3.37. The van der Waals surface area contributed by atoms with Gasteiger partial charge in [-0.05, 0) is 43.7 Å². The lowest BCUT2D eigenvalue weighted by Gasteiger charge is -2.29. The van der Waals surface area contributed by atoms with Crippen LogP contribution in [0.1, 0.15) is 34.5 Å². The van der Waals surface area contributed by atoms with Crippen LogP contribution in [0.2, 0.25) is 5.02 Å². The molecule has 0 aliphatic rings. The lowest BCUT2D eigenvalue weighted by molar-refractivity contribution is 0.0697. The van der Waals surface area contributed by atoms with E-state index in [9.17, 15) is 9.90 Å². The van der Waals surface area contributed by atoms with Gasteiger partial charge in [0.1, 0.15) is 0 Å². The molecule has 3 nitrogen and oxygen atoms in total. The van der Waals surface area contributed by atoms with Crippen molar-refractivity contribution < 1.29 is 9.90 Å². The first kappa shape index (κ1) is 15.4. The summed E-state index contributed by atoms with van der Waals surface area (Å²) in [5.74, 6) is -0.913. The Bertz CT molecular complexity index is 652. The number of carboxylic acid groups (broad SMARTS) is 1. The van der Waals surface area contributed by atoms with Crippen LogP contribution in [0.3, 0.4) is 0 Å². The van der Waals surface area contributed by atoms with Gasteiger partial charge in [-0.15, -0.1) is 0 Å². The van der Waals surface area contributed by atoms with Crippen LogP contribution in [-0.4, -0.2) is 18.1 Å². The molecule has 0 aromatic heterocycles. The molecule has 0 saturated heterocycles. The molecule has 0 aliphatic carbocycles. The van der Waals surface area contributed by atoms with Crippen molar-refractivity contribution in [2.45, 2.75) is 19.9 Å². The topological polar surface area (TPSA) is 40.5 Å². The van der Waals surface area contributed by atoms with Gasteiger partial charge in [-0.25, -0.2) is 4.79 Å². The molecule has 0 heterocycles. The number of carboxylic acids is 1. The van der Waals surface area contributed by atoms with Gasteiger partial charge in [0.05, 0.1) is 17.3 Å². The average molecular weight is 304 g/mol. The quantitative estimate of drug-likeness (QED) is 0.901. The summed E-state index contributed by atoms with van der Waals surface area (Å²) in [6.07, 6.45) is 0. The first-order chi connectivity index (χ1) is 9.90. The van der Waals surface area contributed by atoms with Gasteiger partial charge in [0.15, 0.2) is 0 Å². The Morgan fingerprint density at radius 1 is 1.19 bits per heavy atom. The first-order valence-corrected chi connectivity index (χ1v) is 7.10. The van der Waals surface area contributed by atoms with Crippen molar-refractivity contribution in [2.75, 3.05) is 11.9 Å². The molecule has 4 heteroatoms. The molecule has 2 rings (SSSR count). The van der Waals surface area contributed by atoms with E-state index in [4.69, 9.17) is 11.6 Å². The van der Waals surface area contributed by atoms with Gasteiger partial charge < -0.3 is 10.0 Å². The van der Waals surface area contributed by atoms with Crippen LogP contribution in [-0.2, 0) is 0 Å². The minimum absolute atomic E-state index is 0.0445. The molecule has 0 radical (unpaired) electrons. The minimum atomic E-state index is -0.913. The summed E-state index contributed by atoms with van der Waals surface area (Å²) in [6, 6.07) is 13.1. The number of anilines is 1. The molecule has 1 atom stereocenters. The molecule has 1 N–H and O–H groups in total. The Hall–Kier alpha value is -2.00. The smallest absolute Gasteiger partial charge is 0.337 e. The van der Waals surface area contributed by atoms with Crippen molar-refractivity contribution >= 4 is 23.3 Å². The molecular formula is C17H18ClNO2. The Kier molecular flexibility index (Phi) is 4.53. The van der Waals surface area contributed by atoms with Crippen LogP contribution in [0.25, 0.3) is 0 Å². The predicted molar refractivity (Wildman–Crippen MR) is 86.4 cm³/mol. The zero-order chi connectivity index (χ0) is 15.6. The SMILES string of the molecule is Cc1ccc(N(C)C(C)c2ccc(Cl)cc2)c(C(=O)O)c1. The Morgan fingerprint density at radius 2 is 1.81 bits per heavy atom. The molecule has 1 unspecified atom stereocenters. The van der Waals surface area contributed by atoms with Crippen LogP contribution in [0.15, 0.2) is 42.5 Å². The monoisotopic (exact) mass is 303 g/mol. The minimum Gasteiger partial charge on any atom is -0.478 e. The molecule has 0 bridgehead atoms. The molecule has 0 aliphatic heterocycles. The van der Waals surface area contributed by atoms with Gasteiger partial charge in [0.2, 0.25) is 0 Å². The number of carbonyl (C=O) groups is 1. The number of aromatic carboxylic acids is 1. The number of nitrogens with zero attached hydrogens (tertiary/aromatic N) is 1. The molecule has 2 aromatic rings. The lowest BCUT2D eigenvalue weighted by Crippen LogP contribution is -2.23. The maximum atomic E-state index is 11.4. The van der Waals surface area contributed by atoms with Crippen molar-refractivity contribution in [3.8, 4) is 0 Å². The second-order valence-corrected chi connectivity index (χ2v) is 5.60. The van der Waals surface area contributed by atoms with Crippen LogP contribution in [0, 0.1) is 6.92 Å². The van der Waals surface area contributed by atoms with Gasteiger partial charge in [-0.1, -0.05) is 35.4 Å². The van der Waals surface area contributed by atoms with Crippen molar-refractivity contribution in [2.24, 2.45) is 0 Å². The summed E-state index contributed by atoms with van der Waals surface area (Å²) in [4.78, 5) is 13.4. The van der Waals surface area contributed by atoms with Crippen LogP contribution in [0.4, 0.5) is 5.69 Å². The van der Waals surface area contributed by atoms with E-state index < -0.39 is 5.97 Å². The molecule has 0 amide bonds. The highest BCUT2D eigenvalue weighted by molar-refractivity contribution is 6.30. The van der Waals surface area contributed by atoms with Gasteiger partial charge >= 0.3 is 5.97 Å². The Balaban J connectivity index is 2.37. The molecule has 0 saturated carbocycles. The summed E-state index contributed by atoms with van der Waals surface area (Å²) in [5, 5.41) is 10.1. The van der Waals surface area contributed by atoms with E-state index in [1.807, 2.05) is 62.2 Å². The van der Waals surface area contributed by atoms with E-state index in [1.165, 1.54) is 0 Å². The van der Waals surface area contributed by atoms with E-state index in [0.717, 1.165) is 11.1 Å². The standard InChI is InChI=1S/C17H18ClNO2/c1-11-4-9-16(15(10-11)17(20)21)19(3)12(2)13-5-7-14(18)8-6-13/h4-10,12H,1-3H3,(H,20,21). The molecule has 2 aromatic carbocycles. The zero-order valence-electron chi connectivity index (χ0n) is 12.3. The average Bonchev–Trinajstić information content (AvgIpc) is 2.46. The van der Waals surface area contributed by atoms with Gasteiger partial charge in [-0.2, -0.15) is 0 Å².